The van der Waals surface area contributed by atoms with E-state index in [9.17, 15) is 30.5 Å². The quantitative estimate of drug-likeness (QED) is 0.101. The number of aliphatic imine (C=N–C) groups is 2. The van der Waals surface area contributed by atoms with Crippen LogP contribution in [0.25, 0.3) is 0 Å². The molecule has 0 aromatic heterocycles. The molecule has 0 aliphatic heterocycles. The van der Waals surface area contributed by atoms with Crippen LogP contribution in [0.5, 0.6) is 23.0 Å². The molecular weight excluding hydrogens is 543 g/mol. The summed E-state index contributed by atoms with van der Waals surface area (Å²) < 4.78 is 0. The van der Waals surface area contributed by atoms with Gasteiger partial charge in [-0.1, -0.05) is 24.3 Å². The average Bonchev–Trinajstić information content (AvgIpc) is 2.89. The van der Waals surface area contributed by atoms with Crippen molar-refractivity contribution in [3.05, 3.63) is 106 Å². The van der Waals surface area contributed by atoms with Gasteiger partial charge in [-0.3, -0.25) is 20.1 Å². The normalized spacial score (nSPS) is 10.5. The average molecular weight is 569 g/mol. The zero-order valence-corrected chi connectivity index (χ0v) is 22.2. The largest absolute Gasteiger partial charge is 0.507 e. The summed E-state index contributed by atoms with van der Waals surface area (Å²) in [6, 6.07) is 22.3. The molecule has 0 aliphatic carbocycles. The van der Waals surface area contributed by atoms with E-state index in [2.05, 4.69) is 9.98 Å². The monoisotopic (exact) mass is 569 g/mol. The van der Waals surface area contributed by atoms with Crippen LogP contribution in [0.15, 0.2) is 94.9 Å². The molecule has 201 valence electrons. The van der Waals surface area contributed by atoms with Crippen LogP contribution >= 0.6 is 0 Å². The van der Waals surface area contributed by atoms with Crippen LogP contribution in [0.1, 0.15) is 11.1 Å². The van der Waals surface area contributed by atoms with Crippen LogP contribution < -0.4 is 4.90 Å². The summed E-state index contributed by atoms with van der Waals surface area (Å²) in [5.74, 6) is 0.141. The molecule has 0 amide bonds. The summed E-state index contributed by atoms with van der Waals surface area (Å²) in [6.07, 6.45) is 2.86. The van der Waals surface area contributed by atoms with Gasteiger partial charge in [0.15, 0.2) is 0 Å². The van der Waals surface area contributed by atoms with Crippen molar-refractivity contribution in [3.8, 4) is 23.0 Å². The number of hydrogen-bond donors (Lipinski definition) is 4. The van der Waals surface area contributed by atoms with Crippen LogP contribution in [-0.2, 0) is 17.1 Å². The van der Waals surface area contributed by atoms with E-state index in [0.29, 0.717) is 16.8 Å². The van der Waals surface area contributed by atoms with Gasteiger partial charge in [0.2, 0.25) is 0 Å². The van der Waals surface area contributed by atoms with Crippen molar-refractivity contribution >= 4 is 35.2 Å². The van der Waals surface area contributed by atoms with Crippen molar-refractivity contribution in [2.24, 2.45) is 9.98 Å². The van der Waals surface area contributed by atoms with Crippen molar-refractivity contribution < 1.29 is 42.4 Å². The number of hydrogen-bond acceptors (Lipinski definition) is 9. The minimum Gasteiger partial charge on any atom is -0.507 e. The maximum atomic E-state index is 10.7. The first-order valence-electron chi connectivity index (χ1n) is 11.3. The van der Waals surface area contributed by atoms with Crippen molar-refractivity contribution in [1.29, 1.82) is 0 Å². The van der Waals surface area contributed by atoms with Crippen LogP contribution in [0.2, 0.25) is 0 Å². The number of phenols is 4. The molecule has 0 unspecified atom stereocenters. The maximum absolute atomic E-state index is 10.7. The minimum absolute atomic E-state index is 0. The second-order valence-corrected chi connectivity index (χ2v) is 8.13. The predicted molar refractivity (Wildman–Crippen MR) is 148 cm³/mol. The second-order valence-electron chi connectivity index (χ2n) is 8.13. The molecule has 0 aliphatic rings. The Kier molecular flexibility index (Phi) is 11.0. The number of rotatable bonds is 6. The van der Waals surface area contributed by atoms with Gasteiger partial charge in [0.25, 0.3) is 5.69 Å². The fourth-order valence-electron chi connectivity index (χ4n) is 3.10. The van der Waals surface area contributed by atoms with Crippen LogP contribution in [-0.4, -0.2) is 51.9 Å². The number of benzene rings is 4. The Balaban J connectivity index is 0.000000279. The molecule has 39 heavy (non-hydrogen) atoms. The molecule has 11 heteroatoms. The second kappa shape index (κ2) is 14.2. The molecule has 0 saturated heterocycles. The summed E-state index contributed by atoms with van der Waals surface area (Å²) >= 11 is 0. The first-order valence-corrected chi connectivity index (χ1v) is 11.3. The number of anilines is 1. The molecule has 4 aromatic carbocycles. The Hall–Kier alpha value is -4.86. The molecule has 0 fully saturated rings. The number of non-ortho nitro benzene ring substituents is 1. The Morgan fingerprint density at radius 3 is 1.85 bits per heavy atom. The standard InChI is InChI=1S/C15H15N3O4.C13H11NO2.Mn/c1-17(2)11-4-3-10(15(20)8-11)9-16-13-7-12(18(21)22)5-6-14(13)19;15-12-7-3-1-5-10(12)9-14-11-6-2-4-8-13(11)16;/h3-9,19-20H,1-2H3;1-9,15-16H;. The smallest absolute Gasteiger partial charge is 0.271 e. The Bertz CT molecular complexity index is 1440. The number of nitro groups is 1. The van der Waals surface area contributed by atoms with Crippen molar-refractivity contribution in [2.75, 3.05) is 19.0 Å². The van der Waals surface area contributed by atoms with E-state index in [-0.39, 0.29) is 51.4 Å². The maximum Gasteiger partial charge on any atom is 0.271 e. The van der Waals surface area contributed by atoms with Gasteiger partial charge in [0.05, 0.1) is 4.92 Å². The van der Waals surface area contributed by atoms with Crippen LogP contribution in [0.4, 0.5) is 22.7 Å². The summed E-state index contributed by atoms with van der Waals surface area (Å²) in [4.78, 5) is 20.1. The van der Waals surface area contributed by atoms with Crippen LogP contribution in [0, 0.1) is 10.1 Å². The summed E-state index contributed by atoms with van der Waals surface area (Å²) in [6.45, 7) is 0. The molecule has 4 aromatic rings. The van der Waals surface area contributed by atoms with Crippen molar-refractivity contribution in [3.63, 3.8) is 0 Å². The third-order valence-electron chi connectivity index (χ3n) is 5.20. The van der Waals surface area contributed by atoms with Crippen molar-refractivity contribution in [1.82, 2.24) is 0 Å². The molecule has 0 bridgehead atoms. The fraction of sp³-hybridized carbons (Fsp3) is 0.0714. The van der Waals surface area contributed by atoms with Gasteiger partial charge in [-0.2, -0.15) is 0 Å². The van der Waals surface area contributed by atoms with Crippen molar-refractivity contribution in [2.45, 2.75) is 0 Å². The topological polar surface area (TPSA) is 152 Å². The number of nitro benzene ring substituents is 1. The number of aromatic hydroxyl groups is 4. The summed E-state index contributed by atoms with van der Waals surface area (Å²) in [5.41, 5.74) is 2.25. The predicted octanol–water partition coefficient (Wildman–Crippen LogP) is 5.67. The Labute approximate surface area is 235 Å². The number of para-hydroxylation sites is 3. The molecule has 4 N–H and O–H groups in total. The van der Waals surface area contributed by atoms with E-state index in [1.807, 2.05) is 25.1 Å². The van der Waals surface area contributed by atoms with Gasteiger partial charge in [-0.05, 0) is 42.5 Å². The molecule has 10 nitrogen and oxygen atoms in total. The molecule has 0 saturated carbocycles. The molecule has 1 radical (unpaired) electrons. The van der Waals surface area contributed by atoms with E-state index in [1.165, 1.54) is 24.6 Å². The SMILES string of the molecule is CN(C)c1ccc(C=Nc2cc([N+](=O)[O-])ccc2O)c(O)c1.Oc1ccccc1C=Nc1ccccc1O.[Mn]. The molecule has 0 spiro atoms. The van der Waals surface area contributed by atoms with Gasteiger partial charge < -0.3 is 25.3 Å². The number of nitrogens with zero attached hydrogens (tertiary/aromatic N) is 4. The fourth-order valence-corrected chi connectivity index (χ4v) is 3.10. The van der Waals surface area contributed by atoms with Crippen LogP contribution in [0.3, 0.4) is 0 Å². The van der Waals surface area contributed by atoms with Gasteiger partial charge in [0, 0.05) is 78.6 Å². The first-order chi connectivity index (χ1) is 18.2. The van der Waals surface area contributed by atoms with E-state index in [1.54, 1.807) is 60.7 Å². The number of phenolic OH excluding ortho intramolecular Hbond substituents is 4. The van der Waals surface area contributed by atoms with E-state index < -0.39 is 4.92 Å². The van der Waals surface area contributed by atoms with Gasteiger partial charge in [-0.25, -0.2) is 0 Å². The zero-order valence-electron chi connectivity index (χ0n) is 21.0. The Morgan fingerprint density at radius 2 is 1.26 bits per heavy atom. The van der Waals surface area contributed by atoms with Gasteiger partial charge in [-0.15, -0.1) is 0 Å². The van der Waals surface area contributed by atoms with E-state index in [4.69, 9.17) is 0 Å². The van der Waals surface area contributed by atoms with Gasteiger partial charge >= 0.3 is 0 Å². The van der Waals surface area contributed by atoms with E-state index >= 15 is 0 Å². The first kappa shape index (κ1) is 30.4. The minimum atomic E-state index is -0.568. The Morgan fingerprint density at radius 1 is 0.692 bits per heavy atom. The summed E-state index contributed by atoms with van der Waals surface area (Å²) in [7, 11) is 3.70. The summed E-state index contributed by atoms with van der Waals surface area (Å²) in [5, 5.41) is 49.3. The van der Waals surface area contributed by atoms with Gasteiger partial charge in [0.1, 0.15) is 34.4 Å². The molecule has 4 rings (SSSR count). The molecular formula is C28H26MnN4O6. The third kappa shape index (κ3) is 8.60. The van der Waals surface area contributed by atoms with E-state index in [0.717, 1.165) is 11.8 Å². The zero-order chi connectivity index (χ0) is 27.7. The molecule has 0 atom stereocenters. The molecule has 0 heterocycles. The third-order valence-corrected chi connectivity index (χ3v) is 5.20.